The predicted molar refractivity (Wildman–Crippen MR) is 65.1 cm³/mol. The molecule has 2 N–H and O–H groups in total. The van der Waals surface area contributed by atoms with Gasteiger partial charge in [-0.15, -0.1) is 0 Å². The number of aromatic nitrogens is 2. The van der Waals surface area contributed by atoms with Gasteiger partial charge in [0.15, 0.2) is 6.19 Å². The van der Waals surface area contributed by atoms with E-state index >= 15 is 0 Å². The molecule has 90 valence electrons. The zero-order valence-electron chi connectivity index (χ0n) is 9.85. The number of nitrogens with one attached hydrogen (secondary N) is 2. The zero-order valence-corrected chi connectivity index (χ0v) is 9.85. The van der Waals surface area contributed by atoms with Crippen LogP contribution in [0, 0.1) is 11.5 Å². The lowest BCUT2D eigenvalue weighted by Gasteiger charge is -2.06. The monoisotopic (exact) mass is 232 g/mol. The fourth-order valence-corrected chi connectivity index (χ4v) is 1.31. The van der Waals surface area contributed by atoms with Gasteiger partial charge in [-0.1, -0.05) is 0 Å². The first kappa shape index (κ1) is 12.9. The van der Waals surface area contributed by atoms with Crippen molar-refractivity contribution in [2.45, 2.75) is 19.3 Å². The van der Waals surface area contributed by atoms with Crippen molar-refractivity contribution >= 4 is 5.96 Å². The first-order chi connectivity index (χ1) is 8.36. The summed E-state index contributed by atoms with van der Waals surface area (Å²) < 4.78 is 0. The van der Waals surface area contributed by atoms with Crippen molar-refractivity contribution in [2.75, 3.05) is 13.6 Å². The Labute approximate surface area is 101 Å². The third-order valence-electron chi connectivity index (χ3n) is 2.14. The number of rotatable bonds is 5. The van der Waals surface area contributed by atoms with Gasteiger partial charge in [0.1, 0.15) is 5.82 Å². The van der Waals surface area contributed by atoms with Crippen LogP contribution in [0.5, 0.6) is 0 Å². The van der Waals surface area contributed by atoms with Crippen LogP contribution in [0.4, 0.5) is 0 Å². The highest BCUT2D eigenvalue weighted by Crippen LogP contribution is 1.96. The molecule has 0 bridgehead atoms. The molecule has 0 saturated carbocycles. The second-order valence-corrected chi connectivity index (χ2v) is 3.36. The van der Waals surface area contributed by atoms with E-state index in [2.05, 4.69) is 25.6 Å². The number of unbranched alkanes of at least 4 members (excludes halogenated alkanes) is 1. The fourth-order valence-electron chi connectivity index (χ4n) is 1.31. The van der Waals surface area contributed by atoms with Gasteiger partial charge in [0.05, 0.1) is 0 Å². The summed E-state index contributed by atoms with van der Waals surface area (Å²) in [5.41, 5.74) is 0. The van der Waals surface area contributed by atoms with Gasteiger partial charge in [-0.2, -0.15) is 5.26 Å². The number of nitrogens with zero attached hydrogens (tertiary/aromatic N) is 4. The summed E-state index contributed by atoms with van der Waals surface area (Å²) in [5, 5.41) is 13.9. The lowest BCUT2D eigenvalue weighted by atomic mass is 10.2. The van der Waals surface area contributed by atoms with Gasteiger partial charge in [-0.3, -0.25) is 10.3 Å². The summed E-state index contributed by atoms with van der Waals surface area (Å²) in [6, 6.07) is 1.81. The number of aryl methyl sites for hydroxylation is 1. The van der Waals surface area contributed by atoms with E-state index in [1.807, 2.05) is 12.3 Å². The summed E-state index contributed by atoms with van der Waals surface area (Å²) in [7, 11) is 1.63. The highest BCUT2D eigenvalue weighted by Gasteiger charge is 1.97. The van der Waals surface area contributed by atoms with Crippen molar-refractivity contribution in [3.8, 4) is 6.19 Å². The van der Waals surface area contributed by atoms with Crippen molar-refractivity contribution in [3.63, 3.8) is 0 Å². The molecule has 0 saturated heterocycles. The minimum atomic E-state index is 0.503. The van der Waals surface area contributed by atoms with Crippen LogP contribution < -0.4 is 10.6 Å². The number of hydrogen-bond acceptors (Lipinski definition) is 4. The minimum absolute atomic E-state index is 0.503. The van der Waals surface area contributed by atoms with Crippen LogP contribution in [0.2, 0.25) is 0 Å². The molecule has 0 aliphatic carbocycles. The number of nitriles is 1. The molecular weight excluding hydrogens is 216 g/mol. The second-order valence-electron chi connectivity index (χ2n) is 3.36. The molecule has 6 heteroatoms. The Morgan fingerprint density at radius 1 is 1.41 bits per heavy atom. The van der Waals surface area contributed by atoms with Crippen LogP contribution in [-0.2, 0) is 6.42 Å². The van der Waals surface area contributed by atoms with E-state index in [4.69, 9.17) is 5.26 Å². The standard InChI is InChI=1S/C11H16N6/c1-13-11(17-9-12)16-6-3-2-5-10-14-7-4-8-15-10/h4,7-8H,2-3,5-6H2,1H3,(H2,13,16,17). The highest BCUT2D eigenvalue weighted by atomic mass is 15.2. The normalized spacial score (nSPS) is 10.7. The third kappa shape index (κ3) is 5.47. The van der Waals surface area contributed by atoms with Crippen molar-refractivity contribution in [1.82, 2.24) is 20.6 Å². The van der Waals surface area contributed by atoms with Gasteiger partial charge < -0.3 is 5.32 Å². The van der Waals surface area contributed by atoms with E-state index in [9.17, 15) is 0 Å². The molecule has 0 amide bonds. The van der Waals surface area contributed by atoms with E-state index in [1.165, 1.54) is 0 Å². The highest BCUT2D eigenvalue weighted by molar-refractivity contribution is 5.80. The van der Waals surface area contributed by atoms with E-state index < -0.39 is 0 Å². The second kappa shape index (κ2) is 8.05. The molecule has 0 aliphatic heterocycles. The molecule has 0 unspecified atom stereocenters. The molecule has 0 radical (unpaired) electrons. The fraction of sp³-hybridized carbons (Fsp3) is 0.455. The van der Waals surface area contributed by atoms with Crippen LogP contribution in [0.25, 0.3) is 0 Å². The van der Waals surface area contributed by atoms with Crippen molar-refractivity contribution in [1.29, 1.82) is 5.26 Å². The number of aliphatic imine (C=N–C) groups is 1. The number of hydrogen-bond donors (Lipinski definition) is 2. The van der Waals surface area contributed by atoms with Crippen LogP contribution in [0.15, 0.2) is 23.5 Å². The van der Waals surface area contributed by atoms with Crippen molar-refractivity contribution in [3.05, 3.63) is 24.3 Å². The van der Waals surface area contributed by atoms with Gasteiger partial charge >= 0.3 is 0 Å². The smallest absolute Gasteiger partial charge is 0.204 e. The van der Waals surface area contributed by atoms with E-state index in [0.717, 1.165) is 31.6 Å². The first-order valence-electron chi connectivity index (χ1n) is 5.48. The Hall–Kier alpha value is -2.16. The Morgan fingerprint density at radius 3 is 2.82 bits per heavy atom. The van der Waals surface area contributed by atoms with E-state index in [-0.39, 0.29) is 0 Å². The molecule has 0 fully saturated rings. The van der Waals surface area contributed by atoms with Gasteiger partial charge in [0.25, 0.3) is 0 Å². The van der Waals surface area contributed by atoms with Crippen molar-refractivity contribution in [2.24, 2.45) is 4.99 Å². The molecule has 0 spiro atoms. The van der Waals surface area contributed by atoms with Crippen LogP contribution in [0.3, 0.4) is 0 Å². The largest absolute Gasteiger partial charge is 0.356 e. The Bertz CT molecular complexity index is 381. The Balaban J connectivity index is 2.11. The lowest BCUT2D eigenvalue weighted by Crippen LogP contribution is -2.34. The quantitative estimate of drug-likeness (QED) is 0.253. The van der Waals surface area contributed by atoms with Gasteiger partial charge in [0, 0.05) is 32.4 Å². The zero-order chi connectivity index (χ0) is 12.3. The van der Waals surface area contributed by atoms with Gasteiger partial charge in [-0.05, 0) is 18.9 Å². The third-order valence-corrected chi connectivity index (χ3v) is 2.14. The van der Waals surface area contributed by atoms with Gasteiger partial charge in [0.2, 0.25) is 5.96 Å². The maximum Gasteiger partial charge on any atom is 0.204 e. The van der Waals surface area contributed by atoms with Crippen LogP contribution in [0.1, 0.15) is 18.7 Å². The summed E-state index contributed by atoms with van der Waals surface area (Å²) in [6.45, 7) is 0.772. The summed E-state index contributed by atoms with van der Waals surface area (Å²) in [6.07, 6.45) is 8.17. The molecule has 1 aromatic rings. The topological polar surface area (TPSA) is 86.0 Å². The lowest BCUT2D eigenvalue weighted by molar-refractivity contribution is 0.683. The molecule has 1 aromatic heterocycles. The molecule has 0 atom stereocenters. The summed E-state index contributed by atoms with van der Waals surface area (Å²) in [4.78, 5) is 12.2. The minimum Gasteiger partial charge on any atom is -0.356 e. The average molecular weight is 232 g/mol. The van der Waals surface area contributed by atoms with Crippen LogP contribution >= 0.6 is 0 Å². The Kier molecular flexibility index (Phi) is 6.11. The Morgan fingerprint density at radius 2 is 2.18 bits per heavy atom. The average Bonchev–Trinajstić information content (AvgIpc) is 2.38. The summed E-state index contributed by atoms with van der Waals surface area (Å²) in [5.74, 6) is 1.37. The maximum atomic E-state index is 8.42. The molecule has 0 aliphatic rings. The predicted octanol–water partition coefficient (Wildman–Crippen LogP) is 0.445. The summed E-state index contributed by atoms with van der Waals surface area (Å²) >= 11 is 0. The molecule has 1 rings (SSSR count). The molecule has 1 heterocycles. The van der Waals surface area contributed by atoms with Gasteiger partial charge in [-0.25, -0.2) is 9.97 Å². The molecule has 0 aromatic carbocycles. The number of guanidine groups is 1. The SMILES string of the molecule is CN=C(NC#N)NCCCCc1ncccn1. The van der Waals surface area contributed by atoms with E-state index in [0.29, 0.717) is 5.96 Å². The van der Waals surface area contributed by atoms with Crippen LogP contribution in [-0.4, -0.2) is 29.5 Å². The van der Waals surface area contributed by atoms with E-state index in [1.54, 1.807) is 19.4 Å². The van der Waals surface area contributed by atoms with Crippen molar-refractivity contribution < 1.29 is 0 Å². The molecule has 6 nitrogen and oxygen atoms in total. The maximum absolute atomic E-state index is 8.42. The molecule has 17 heavy (non-hydrogen) atoms. The first-order valence-corrected chi connectivity index (χ1v) is 5.48. The molecular formula is C11H16N6.